The van der Waals surface area contributed by atoms with Gasteiger partial charge in [-0.1, -0.05) is 35.9 Å². The number of halogens is 1. The van der Waals surface area contributed by atoms with E-state index in [0.29, 0.717) is 10.7 Å². The number of hydrogen-bond acceptors (Lipinski definition) is 2. The first kappa shape index (κ1) is 16.8. The van der Waals surface area contributed by atoms with Crippen molar-refractivity contribution in [3.8, 4) is 5.75 Å². The molecular formula is C17H12ClNNaO2+. The zero-order valence-electron chi connectivity index (χ0n) is 12.0. The van der Waals surface area contributed by atoms with E-state index in [1.54, 1.807) is 36.4 Å². The molecule has 1 amide bonds. The van der Waals surface area contributed by atoms with Gasteiger partial charge in [0.1, 0.15) is 5.75 Å². The molecule has 22 heavy (non-hydrogen) atoms. The molecule has 0 unspecified atom stereocenters. The topological polar surface area (TPSA) is 49.3 Å². The fourth-order valence-corrected chi connectivity index (χ4v) is 2.27. The maximum Gasteiger partial charge on any atom is 1.00 e. The van der Waals surface area contributed by atoms with E-state index in [0.717, 1.165) is 10.8 Å². The molecule has 3 aromatic carbocycles. The molecule has 0 bridgehead atoms. The van der Waals surface area contributed by atoms with Gasteiger partial charge in [0, 0.05) is 10.7 Å². The van der Waals surface area contributed by atoms with Crippen molar-refractivity contribution < 1.29 is 39.5 Å². The molecule has 0 aliphatic rings. The minimum Gasteiger partial charge on any atom is -0.507 e. The fraction of sp³-hybridized carbons (Fsp3) is 0. The number of hydrogen-bond donors (Lipinski definition) is 2. The smallest absolute Gasteiger partial charge is 0.507 e. The van der Waals surface area contributed by atoms with Crippen molar-refractivity contribution in [2.24, 2.45) is 0 Å². The van der Waals surface area contributed by atoms with Gasteiger partial charge in [-0.2, -0.15) is 0 Å². The Bertz CT molecular complexity index is 819. The number of phenolic OH excluding ortho intramolecular Hbond substituents is 1. The second-order valence-corrected chi connectivity index (χ2v) is 5.11. The number of nitrogens with one attached hydrogen (secondary N) is 1. The molecule has 0 fully saturated rings. The van der Waals surface area contributed by atoms with E-state index in [1.165, 1.54) is 0 Å². The van der Waals surface area contributed by atoms with Crippen molar-refractivity contribution in [3.05, 3.63) is 71.2 Å². The number of carbonyl (C=O) groups is 1. The summed E-state index contributed by atoms with van der Waals surface area (Å²) in [6.45, 7) is 0. The number of rotatable bonds is 2. The average Bonchev–Trinajstić information content (AvgIpc) is 2.49. The van der Waals surface area contributed by atoms with Crippen molar-refractivity contribution >= 4 is 34.0 Å². The molecule has 0 aliphatic heterocycles. The zero-order valence-corrected chi connectivity index (χ0v) is 14.8. The molecule has 5 heteroatoms. The molecule has 0 radical (unpaired) electrons. The summed E-state index contributed by atoms with van der Waals surface area (Å²) in [5.41, 5.74) is 0.862. The van der Waals surface area contributed by atoms with Gasteiger partial charge in [0.25, 0.3) is 5.91 Å². The molecule has 0 aliphatic carbocycles. The van der Waals surface area contributed by atoms with E-state index in [1.807, 2.05) is 24.3 Å². The summed E-state index contributed by atoms with van der Waals surface area (Å²) in [7, 11) is 0. The standard InChI is InChI=1S/C17H12ClNO2.Na/c18-13-5-7-14(8-6-13)19-17(21)15-9-11-3-1-2-4-12(11)10-16(15)20;/h1-10,20H,(H,19,21);/q;+1. The molecule has 3 rings (SSSR count). The van der Waals surface area contributed by atoms with Crippen LogP contribution in [0.1, 0.15) is 10.4 Å². The van der Waals surface area contributed by atoms with Crippen LogP contribution in [-0.2, 0) is 0 Å². The van der Waals surface area contributed by atoms with E-state index >= 15 is 0 Å². The predicted octanol–water partition coefficient (Wildman–Crippen LogP) is 1.46. The number of benzene rings is 3. The first-order valence-electron chi connectivity index (χ1n) is 6.42. The van der Waals surface area contributed by atoms with Crippen LogP contribution in [0.3, 0.4) is 0 Å². The number of fused-ring (bicyclic) bond motifs is 1. The van der Waals surface area contributed by atoms with Crippen molar-refractivity contribution in [2.75, 3.05) is 5.32 Å². The second kappa shape index (κ2) is 7.16. The van der Waals surface area contributed by atoms with Crippen molar-refractivity contribution in [1.82, 2.24) is 0 Å². The molecule has 0 heterocycles. The summed E-state index contributed by atoms with van der Waals surface area (Å²) >= 11 is 5.80. The Balaban J connectivity index is 0.00000176. The Labute approximate surface area is 155 Å². The van der Waals surface area contributed by atoms with Crippen LogP contribution in [-0.4, -0.2) is 11.0 Å². The monoisotopic (exact) mass is 320 g/mol. The summed E-state index contributed by atoms with van der Waals surface area (Å²) in [6.07, 6.45) is 0. The number of phenols is 1. The summed E-state index contributed by atoms with van der Waals surface area (Å²) in [4.78, 5) is 12.3. The zero-order chi connectivity index (χ0) is 14.8. The third kappa shape index (κ3) is 3.62. The van der Waals surface area contributed by atoms with Gasteiger partial charge < -0.3 is 10.4 Å². The third-order valence-electron chi connectivity index (χ3n) is 3.21. The van der Waals surface area contributed by atoms with Gasteiger partial charge in [-0.05, 0) is 47.2 Å². The van der Waals surface area contributed by atoms with Crippen LogP contribution < -0.4 is 34.9 Å². The second-order valence-electron chi connectivity index (χ2n) is 4.68. The van der Waals surface area contributed by atoms with Gasteiger partial charge >= 0.3 is 29.6 Å². The first-order chi connectivity index (χ1) is 10.1. The van der Waals surface area contributed by atoms with Crippen LogP contribution in [0, 0.1) is 0 Å². The maximum atomic E-state index is 12.3. The molecule has 0 atom stereocenters. The first-order valence-corrected chi connectivity index (χ1v) is 6.80. The van der Waals surface area contributed by atoms with Crippen LogP contribution in [0.15, 0.2) is 60.7 Å². The molecule has 0 saturated heterocycles. The molecular weight excluding hydrogens is 309 g/mol. The van der Waals surface area contributed by atoms with Crippen LogP contribution in [0.25, 0.3) is 10.8 Å². The average molecular weight is 321 g/mol. The number of carbonyl (C=O) groups excluding carboxylic acids is 1. The van der Waals surface area contributed by atoms with Crippen molar-refractivity contribution in [2.45, 2.75) is 0 Å². The molecule has 2 N–H and O–H groups in total. The van der Waals surface area contributed by atoms with E-state index < -0.39 is 0 Å². The van der Waals surface area contributed by atoms with Crippen molar-refractivity contribution in [1.29, 1.82) is 0 Å². The van der Waals surface area contributed by atoms with E-state index in [-0.39, 0.29) is 46.8 Å². The Morgan fingerprint density at radius 2 is 1.55 bits per heavy atom. The summed E-state index contributed by atoms with van der Waals surface area (Å²) < 4.78 is 0. The predicted molar refractivity (Wildman–Crippen MR) is 85.0 cm³/mol. The molecule has 0 spiro atoms. The fourth-order valence-electron chi connectivity index (χ4n) is 2.14. The number of amides is 1. The summed E-state index contributed by atoms with van der Waals surface area (Å²) in [6, 6.07) is 17.6. The van der Waals surface area contributed by atoms with Gasteiger partial charge in [0.15, 0.2) is 0 Å². The molecule has 3 aromatic rings. The van der Waals surface area contributed by atoms with Gasteiger partial charge in [-0.25, -0.2) is 0 Å². The van der Waals surface area contributed by atoms with Gasteiger partial charge in [-0.3, -0.25) is 4.79 Å². The van der Waals surface area contributed by atoms with Gasteiger partial charge in [0.2, 0.25) is 0 Å². The van der Waals surface area contributed by atoms with E-state index in [4.69, 9.17) is 11.6 Å². The van der Waals surface area contributed by atoms with Crippen LogP contribution in [0.4, 0.5) is 5.69 Å². The van der Waals surface area contributed by atoms with Crippen molar-refractivity contribution in [3.63, 3.8) is 0 Å². The normalized spacial score (nSPS) is 10.0. The van der Waals surface area contributed by atoms with E-state index in [2.05, 4.69) is 5.32 Å². The SMILES string of the molecule is O=C(Nc1ccc(Cl)cc1)c1cc2ccccc2cc1O.[Na+]. The Kier molecular flexibility index (Phi) is 5.48. The van der Waals surface area contributed by atoms with Gasteiger partial charge in [-0.15, -0.1) is 0 Å². The largest absolute Gasteiger partial charge is 1.00 e. The minimum absolute atomic E-state index is 0. The van der Waals surface area contributed by atoms with E-state index in [9.17, 15) is 9.90 Å². The maximum absolute atomic E-state index is 12.3. The summed E-state index contributed by atoms with van der Waals surface area (Å²) in [5.74, 6) is -0.402. The Hall–Kier alpha value is -1.52. The summed E-state index contributed by atoms with van der Waals surface area (Å²) in [5, 5.41) is 15.1. The quantitative estimate of drug-likeness (QED) is 0.702. The molecule has 104 valence electrons. The van der Waals surface area contributed by atoms with Crippen LogP contribution in [0.5, 0.6) is 5.75 Å². The number of aromatic hydroxyl groups is 1. The number of anilines is 1. The Morgan fingerprint density at radius 3 is 2.18 bits per heavy atom. The molecule has 0 aromatic heterocycles. The minimum atomic E-state index is -0.361. The Morgan fingerprint density at radius 1 is 0.955 bits per heavy atom. The third-order valence-corrected chi connectivity index (χ3v) is 3.46. The molecule has 0 saturated carbocycles. The molecule has 3 nitrogen and oxygen atoms in total. The van der Waals surface area contributed by atoms with Gasteiger partial charge in [0.05, 0.1) is 5.56 Å². The van der Waals surface area contributed by atoms with Crippen LogP contribution in [0.2, 0.25) is 5.02 Å². The van der Waals surface area contributed by atoms with Crippen LogP contribution >= 0.6 is 11.6 Å².